The monoisotopic (exact) mass is 539 g/mol. The van der Waals surface area contributed by atoms with Crippen molar-refractivity contribution in [2.45, 2.75) is 22.9 Å². The molecule has 1 heterocycles. The largest absolute Gasteiger partial charge is 0.419 e. The van der Waals surface area contributed by atoms with Crippen LogP contribution in [0, 0.1) is 6.92 Å². The number of rotatable bonds is 8. The van der Waals surface area contributed by atoms with Crippen molar-refractivity contribution < 1.29 is 12.8 Å². The van der Waals surface area contributed by atoms with Crippen LogP contribution < -0.4 is 5.32 Å². The van der Waals surface area contributed by atoms with E-state index in [1.165, 1.54) is 5.56 Å². The normalized spacial score (nSPS) is 12.6. The number of hydrogen-bond acceptors (Lipinski definition) is 6. The molecular formula is C26H26BrN3O3S. The fourth-order valence-electron chi connectivity index (χ4n) is 3.61. The lowest BCUT2D eigenvalue weighted by atomic mass is 10.0. The minimum atomic E-state index is -3.91. The molecule has 8 heteroatoms. The van der Waals surface area contributed by atoms with Crippen LogP contribution in [0.1, 0.15) is 17.2 Å². The topological polar surface area (TPSA) is 75.4 Å². The van der Waals surface area contributed by atoms with Gasteiger partial charge in [0.15, 0.2) is 0 Å². The van der Waals surface area contributed by atoms with Gasteiger partial charge in [0.1, 0.15) is 0 Å². The van der Waals surface area contributed by atoms with Crippen LogP contribution in [0.3, 0.4) is 0 Å². The van der Waals surface area contributed by atoms with Crippen LogP contribution in [0.4, 0.5) is 5.88 Å². The molecule has 1 aromatic heterocycles. The van der Waals surface area contributed by atoms with Gasteiger partial charge in [0.05, 0.1) is 10.9 Å². The van der Waals surface area contributed by atoms with Crippen molar-refractivity contribution in [2.75, 3.05) is 26.0 Å². The number of halogens is 1. The van der Waals surface area contributed by atoms with Crippen LogP contribution in [0.2, 0.25) is 0 Å². The number of aryl methyl sites for hydroxylation is 1. The molecule has 0 aliphatic carbocycles. The standard InChI is InChI=1S/C26H26BrN3O3S/c1-18-9-11-19(12-10-18)23(30(2)3)17-28-25-26(29-24(33-25)20-7-5-4-6-8-20)34(31,32)22-15-13-21(27)14-16-22/h4-16,23,28H,17H2,1-3H3. The first kappa shape index (κ1) is 24.2. The van der Waals surface area contributed by atoms with Gasteiger partial charge in [0.25, 0.3) is 0 Å². The predicted molar refractivity (Wildman–Crippen MR) is 138 cm³/mol. The molecular weight excluding hydrogens is 514 g/mol. The van der Waals surface area contributed by atoms with Crippen LogP contribution in [-0.4, -0.2) is 38.9 Å². The summed E-state index contributed by atoms with van der Waals surface area (Å²) in [4.78, 5) is 6.64. The average Bonchev–Trinajstić information content (AvgIpc) is 3.26. The van der Waals surface area contributed by atoms with Crippen molar-refractivity contribution in [2.24, 2.45) is 0 Å². The van der Waals surface area contributed by atoms with Crippen molar-refractivity contribution in [1.29, 1.82) is 0 Å². The molecule has 0 saturated heterocycles. The van der Waals surface area contributed by atoms with Gasteiger partial charge in [-0.25, -0.2) is 8.42 Å². The van der Waals surface area contributed by atoms with E-state index < -0.39 is 9.84 Å². The second-order valence-corrected chi connectivity index (χ2v) is 11.0. The molecule has 1 unspecified atom stereocenters. The Morgan fingerprint density at radius 3 is 2.24 bits per heavy atom. The first-order valence-electron chi connectivity index (χ1n) is 10.8. The highest BCUT2D eigenvalue weighted by Gasteiger charge is 2.29. The van der Waals surface area contributed by atoms with E-state index in [1.54, 1.807) is 24.3 Å². The summed E-state index contributed by atoms with van der Waals surface area (Å²) in [6.45, 7) is 2.48. The number of aromatic nitrogens is 1. The molecule has 0 saturated carbocycles. The number of sulfone groups is 1. The lowest BCUT2D eigenvalue weighted by Gasteiger charge is -2.25. The Kier molecular flexibility index (Phi) is 7.21. The van der Waals surface area contributed by atoms with Gasteiger partial charge in [-0.1, -0.05) is 64.0 Å². The molecule has 176 valence electrons. The van der Waals surface area contributed by atoms with Crippen molar-refractivity contribution in [3.63, 3.8) is 0 Å². The van der Waals surface area contributed by atoms with Gasteiger partial charge in [-0.3, -0.25) is 0 Å². The summed E-state index contributed by atoms with van der Waals surface area (Å²) in [5.74, 6) is 0.372. The molecule has 3 aromatic carbocycles. The Hall–Kier alpha value is -2.94. The molecule has 0 amide bonds. The first-order chi connectivity index (χ1) is 16.3. The summed E-state index contributed by atoms with van der Waals surface area (Å²) >= 11 is 3.35. The molecule has 6 nitrogen and oxygen atoms in total. The lowest BCUT2D eigenvalue weighted by molar-refractivity contribution is 0.310. The Bertz CT molecular complexity index is 1350. The minimum Gasteiger partial charge on any atom is -0.419 e. The molecule has 1 N–H and O–H groups in total. The summed E-state index contributed by atoms with van der Waals surface area (Å²) in [5.41, 5.74) is 2.99. The number of nitrogens with one attached hydrogen (secondary N) is 1. The molecule has 0 radical (unpaired) electrons. The van der Waals surface area contributed by atoms with E-state index in [2.05, 4.69) is 55.4 Å². The van der Waals surface area contributed by atoms with Gasteiger partial charge in [-0.2, -0.15) is 4.98 Å². The highest BCUT2D eigenvalue weighted by atomic mass is 79.9. The third-order valence-corrected chi connectivity index (χ3v) is 7.74. The van der Waals surface area contributed by atoms with Crippen molar-refractivity contribution in [1.82, 2.24) is 9.88 Å². The number of hydrogen-bond donors (Lipinski definition) is 1. The Morgan fingerprint density at radius 1 is 0.971 bits per heavy atom. The van der Waals surface area contributed by atoms with E-state index >= 15 is 0 Å². The molecule has 0 aliphatic rings. The van der Waals surface area contributed by atoms with Gasteiger partial charge in [0.2, 0.25) is 26.6 Å². The SMILES string of the molecule is Cc1ccc(C(CNc2oc(-c3ccccc3)nc2S(=O)(=O)c2ccc(Br)cc2)N(C)C)cc1. The highest BCUT2D eigenvalue weighted by molar-refractivity contribution is 9.10. The van der Waals surface area contributed by atoms with Crippen molar-refractivity contribution >= 4 is 31.7 Å². The molecule has 0 fully saturated rings. The third kappa shape index (κ3) is 5.24. The van der Waals surface area contributed by atoms with Gasteiger partial charge < -0.3 is 14.6 Å². The maximum Gasteiger partial charge on any atom is 0.233 e. The quantitative estimate of drug-likeness (QED) is 0.297. The Morgan fingerprint density at radius 2 is 1.62 bits per heavy atom. The first-order valence-corrected chi connectivity index (χ1v) is 13.1. The van der Waals surface area contributed by atoms with Crippen LogP contribution in [0.15, 0.2) is 97.7 Å². The number of anilines is 1. The third-order valence-electron chi connectivity index (χ3n) is 5.54. The maximum absolute atomic E-state index is 13.5. The summed E-state index contributed by atoms with van der Waals surface area (Å²) in [7, 11) is 0.0614. The van der Waals surface area contributed by atoms with Crippen LogP contribution in [-0.2, 0) is 9.84 Å². The van der Waals surface area contributed by atoms with Gasteiger partial charge in [-0.05, 0) is 63.0 Å². The molecule has 4 rings (SSSR count). The molecule has 0 spiro atoms. The van der Waals surface area contributed by atoms with Crippen molar-refractivity contribution in [3.05, 3.63) is 94.5 Å². The van der Waals surface area contributed by atoms with Gasteiger partial charge in [0, 0.05) is 16.6 Å². The summed E-state index contributed by atoms with van der Waals surface area (Å²) in [6, 6.07) is 24.0. The van der Waals surface area contributed by atoms with Gasteiger partial charge in [-0.15, -0.1) is 0 Å². The molecule has 34 heavy (non-hydrogen) atoms. The van der Waals surface area contributed by atoms with Crippen molar-refractivity contribution in [3.8, 4) is 11.5 Å². The number of likely N-dealkylation sites (N-methyl/N-ethyl adjacent to an activating group) is 1. The van der Waals surface area contributed by atoms with E-state index in [0.29, 0.717) is 12.1 Å². The van der Waals surface area contributed by atoms with E-state index in [0.717, 1.165) is 10.0 Å². The zero-order valence-corrected chi connectivity index (χ0v) is 21.6. The molecule has 1 atom stereocenters. The zero-order valence-electron chi connectivity index (χ0n) is 19.2. The number of oxazole rings is 1. The van der Waals surface area contributed by atoms with E-state index in [4.69, 9.17) is 4.42 Å². The lowest BCUT2D eigenvalue weighted by Crippen LogP contribution is -2.27. The second kappa shape index (κ2) is 10.1. The van der Waals surface area contributed by atoms with E-state index in [1.807, 2.05) is 51.4 Å². The molecule has 0 bridgehead atoms. The fraction of sp³-hybridized carbons (Fsp3) is 0.192. The Labute approximate surface area is 208 Å². The van der Waals surface area contributed by atoms with E-state index in [-0.39, 0.29) is 27.7 Å². The highest BCUT2D eigenvalue weighted by Crippen LogP contribution is 2.33. The maximum atomic E-state index is 13.5. The smallest absolute Gasteiger partial charge is 0.233 e. The molecule has 4 aromatic rings. The fourth-order valence-corrected chi connectivity index (χ4v) is 5.15. The van der Waals surface area contributed by atoms with Crippen LogP contribution in [0.5, 0.6) is 0 Å². The zero-order chi connectivity index (χ0) is 24.3. The number of nitrogens with zero attached hydrogens (tertiary/aromatic N) is 2. The Balaban J connectivity index is 1.72. The van der Waals surface area contributed by atoms with Crippen LogP contribution >= 0.6 is 15.9 Å². The summed E-state index contributed by atoms with van der Waals surface area (Å²) in [6.07, 6.45) is 0. The number of benzene rings is 3. The summed E-state index contributed by atoms with van der Waals surface area (Å²) in [5, 5.41) is 3.10. The van der Waals surface area contributed by atoms with Gasteiger partial charge >= 0.3 is 0 Å². The minimum absolute atomic E-state index is 0.00545. The average molecular weight is 540 g/mol. The van der Waals surface area contributed by atoms with E-state index in [9.17, 15) is 8.42 Å². The predicted octanol–water partition coefficient (Wildman–Crippen LogP) is 5.96. The second-order valence-electron chi connectivity index (χ2n) is 8.25. The van der Waals surface area contributed by atoms with Crippen LogP contribution in [0.25, 0.3) is 11.5 Å². The molecule has 0 aliphatic heterocycles. The summed E-state index contributed by atoms with van der Waals surface area (Å²) < 4.78 is 33.8.